The fraction of sp³-hybridized carbons (Fsp3) is 0.381. The minimum Gasteiger partial charge on any atom is -0.340 e. The summed E-state index contributed by atoms with van der Waals surface area (Å²) in [7, 11) is 0. The molecule has 6 nitrogen and oxygen atoms in total. The first kappa shape index (κ1) is 17.5. The van der Waals surface area contributed by atoms with E-state index in [9.17, 15) is 4.79 Å². The zero-order chi connectivity index (χ0) is 19.0. The number of urea groups is 1. The van der Waals surface area contributed by atoms with Crippen LogP contribution in [0.5, 0.6) is 0 Å². The second kappa shape index (κ2) is 7.02. The fourth-order valence-corrected chi connectivity index (χ4v) is 3.51. The number of pyridine rings is 1. The molecule has 6 heteroatoms. The van der Waals surface area contributed by atoms with Crippen molar-refractivity contribution >= 4 is 17.1 Å². The molecule has 0 aliphatic carbocycles. The van der Waals surface area contributed by atoms with Gasteiger partial charge in [0.05, 0.1) is 17.1 Å². The highest BCUT2D eigenvalue weighted by molar-refractivity contribution is 5.77. The van der Waals surface area contributed by atoms with Gasteiger partial charge in [-0.05, 0) is 42.7 Å². The maximum atomic E-state index is 12.7. The van der Waals surface area contributed by atoms with Gasteiger partial charge in [0.25, 0.3) is 0 Å². The van der Waals surface area contributed by atoms with E-state index in [1.54, 1.807) is 6.20 Å². The lowest BCUT2D eigenvalue weighted by atomic mass is 9.96. The number of amides is 2. The average Bonchev–Trinajstić information content (AvgIpc) is 3.01. The zero-order valence-corrected chi connectivity index (χ0v) is 15.9. The number of likely N-dealkylation sites (tertiary alicyclic amines) is 1. The Labute approximate surface area is 159 Å². The molecule has 1 aliphatic rings. The number of nitrogens with one attached hydrogen (secondary N) is 2. The predicted molar refractivity (Wildman–Crippen MR) is 105 cm³/mol. The van der Waals surface area contributed by atoms with Crippen molar-refractivity contribution in [2.75, 3.05) is 13.1 Å². The number of aromatic nitrogens is 3. The summed E-state index contributed by atoms with van der Waals surface area (Å²) in [6.07, 6.45) is 1.80. The highest BCUT2D eigenvalue weighted by Crippen LogP contribution is 2.27. The summed E-state index contributed by atoms with van der Waals surface area (Å²) in [6.45, 7) is 7.65. The van der Waals surface area contributed by atoms with Crippen LogP contribution < -0.4 is 5.32 Å². The third-order valence-electron chi connectivity index (χ3n) is 5.17. The number of fused-ring (bicyclic) bond motifs is 1. The number of imidazole rings is 1. The van der Waals surface area contributed by atoms with Gasteiger partial charge in [-0.2, -0.15) is 0 Å². The van der Waals surface area contributed by atoms with Crippen LogP contribution >= 0.6 is 0 Å². The van der Waals surface area contributed by atoms with E-state index in [-0.39, 0.29) is 18.0 Å². The largest absolute Gasteiger partial charge is 0.340 e. The number of rotatable bonds is 4. The third-order valence-corrected chi connectivity index (χ3v) is 5.17. The van der Waals surface area contributed by atoms with Crippen LogP contribution in [0.15, 0.2) is 42.6 Å². The first-order valence-electron chi connectivity index (χ1n) is 9.44. The number of H-pyrrole nitrogens is 1. The highest BCUT2D eigenvalue weighted by atomic mass is 16.2. The maximum absolute atomic E-state index is 12.7. The van der Waals surface area contributed by atoms with Crippen LogP contribution in [-0.2, 0) is 0 Å². The van der Waals surface area contributed by atoms with E-state index >= 15 is 0 Å². The number of aromatic amines is 1. The van der Waals surface area contributed by atoms with Crippen molar-refractivity contribution in [3.63, 3.8) is 0 Å². The van der Waals surface area contributed by atoms with Gasteiger partial charge in [0.2, 0.25) is 0 Å². The Morgan fingerprint density at radius 2 is 2.07 bits per heavy atom. The number of aryl methyl sites for hydroxylation is 1. The summed E-state index contributed by atoms with van der Waals surface area (Å²) in [5.74, 6) is 1.35. The van der Waals surface area contributed by atoms with Crippen LogP contribution in [0.3, 0.4) is 0 Å². The Morgan fingerprint density at radius 3 is 2.78 bits per heavy atom. The molecule has 140 valence electrons. The van der Waals surface area contributed by atoms with Gasteiger partial charge in [0.15, 0.2) is 0 Å². The molecule has 27 heavy (non-hydrogen) atoms. The van der Waals surface area contributed by atoms with Crippen LogP contribution in [0, 0.1) is 12.8 Å². The lowest BCUT2D eigenvalue weighted by molar-refractivity contribution is 0.143. The Morgan fingerprint density at radius 1 is 1.26 bits per heavy atom. The molecule has 2 amide bonds. The van der Waals surface area contributed by atoms with Gasteiger partial charge in [-0.3, -0.25) is 4.98 Å². The Balaban J connectivity index is 1.44. The molecule has 0 radical (unpaired) electrons. The van der Waals surface area contributed by atoms with Crippen molar-refractivity contribution in [3.05, 3.63) is 59.7 Å². The number of benzene rings is 1. The quantitative estimate of drug-likeness (QED) is 0.741. The van der Waals surface area contributed by atoms with Gasteiger partial charge in [-0.15, -0.1) is 0 Å². The highest BCUT2D eigenvalue weighted by Gasteiger charge is 2.34. The minimum absolute atomic E-state index is 0.0440. The smallest absolute Gasteiger partial charge is 0.318 e. The van der Waals surface area contributed by atoms with E-state index in [1.165, 1.54) is 5.56 Å². The molecule has 3 heterocycles. The molecule has 0 bridgehead atoms. The van der Waals surface area contributed by atoms with Crippen molar-refractivity contribution < 1.29 is 4.79 Å². The van der Waals surface area contributed by atoms with Crippen molar-refractivity contribution in [2.45, 2.75) is 32.7 Å². The van der Waals surface area contributed by atoms with Crippen molar-refractivity contribution in [3.8, 4) is 0 Å². The second-order valence-electron chi connectivity index (χ2n) is 7.67. The van der Waals surface area contributed by atoms with E-state index in [0.717, 1.165) is 22.6 Å². The molecule has 3 aromatic rings. The monoisotopic (exact) mass is 363 g/mol. The number of carbonyl (C=O) groups is 1. The minimum atomic E-state index is -0.154. The molecule has 1 fully saturated rings. The third kappa shape index (κ3) is 3.52. The van der Waals surface area contributed by atoms with Gasteiger partial charge >= 0.3 is 6.03 Å². The molecule has 1 aliphatic heterocycles. The lowest BCUT2D eigenvalue weighted by Gasteiger charge is -2.39. The Kier molecular flexibility index (Phi) is 4.56. The van der Waals surface area contributed by atoms with E-state index in [1.807, 2.05) is 35.2 Å². The summed E-state index contributed by atoms with van der Waals surface area (Å²) >= 11 is 0. The summed E-state index contributed by atoms with van der Waals surface area (Å²) < 4.78 is 0. The Bertz CT molecular complexity index is 944. The number of carbonyl (C=O) groups excluding carboxylic acids is 1. The summed E-state index contributed by atoms with van der Waals surface area (Å²) in [5, 5.41) is 3.16. The van der Waals surface area contributed by atoms with Crippen LogP contribution in [0.4, 0.5) is 4.79 Å². The lowest BCUT2D eigenvalue weighted by Crippen LogP contribution is -2.53. The number of nitrogens with zero attached hydrogens (tertiary/aromatic N) is 3. The fourth-order valence-electron chi connectivity index (χ4n) is 3.51. The summed E-state index contributed by atoms with van der Waals surface area (Å²) in [4.78, 5) is 27.0. The van der Waals surface area contributed by atoms with Crippen molar-refractivity contribution in [1.29, 1.82) is 0 Å². The van der Waals surface area contributed by atoms with E-state index in [0.29, 0.717) is 19.0 Å². The summed E-state index contributed by atoms with van der Waals surface area (Å²) in [5.41, 5.74) is 4.16. The van der Waals surface area contributed by atoms with Crippen LogP contribution in [0.2, 0.25) is 0 Å². The predicted octanol–water partition coefficient (Wildman–Crippen LogP) is 3.77. The molecular weight excluding hydrogens is 338 g/mol. The first-order chi connectivity index (χ1) is 13.0. The topological polar surface area (TPSA) is 73.9 Å². The first-order valence-corrected chi connectivity index (χ1v) is 9.44. The normalized spacial score (nSPS) is 15.8. The maximum Gasteiger partial charge on any atom is 0.318 e. The van der Waals surface area contributed by atoms with Gasteiger partial charge in [-0.25, -0.2) is 9.78 Å². The standard InChI is InChI=1S/C21H25N5O/c1-13(2)19(20-23-17-8-7-14(3)10-18(17)24-20)25-21(27)26-11-15(12-26)16-6-4-5-9-22-16/h4-10,13,15,19H,11-12H2,1-3H3,(H,23,24)(H,25,27). The molecule has 2 N–H and O–H groups in total. The average molecular weight is 363 g/mol. The molecule has 1 aromatic carbocycles. The molecule has 1 atom stereocenters. The molecule has 0 saturated carbocycles. The van der Waals surface area contributed by atoms with Crippen LogP contribution in [0.25, 0.3) is 11.0 Å². The SMILES string of the molecule is Cc1ccc2nc(C(NC(=O)N3CC(c4ccccn4)C3)C(C)C)[nH]c2c1. The zero-order valence-electron chi connectivity index (χ0n) is 15.9. The number of hydrogen-bond donors (Lipinski definition) is 2. The van der Waals surface area contributed by atoms with Crippen LogP contribution in [-0.4, -0.2) is 39.0 Å². The van der Waals surface area contributed by atoms with E-state index in [2.05, 4.69) is 42.1 Å². The van der Waals surface area contributed by atoms with Crippen LogP contribution in [0.1, 0.15) is 42.9 Å². The van der Waals surface area contributed by atoms with Crippen molar-refractivity contribution in [1.82, 2.24) is 25.2 Å². The van der Waals surface area contributed by atoms with Gasteiger partial charge in [0.1, 0.15) is 5.82 Å². The molecule has 1 unspecified atom stereocenters. The molecule has 0 spiro atoms. The summed E-state index contributed by atoms with van der Waals surface area (Å²) in [6, 6.07) is 11.9. The van der Waals surface area contributed by atoms with Gasteiger partial charge in [0, 0.05) is 30.9 Å². The number of hydrogen-bond acceptors (Lipinski definition) is 3. The molecule has 2 aromatic heterocycles. The Hall–Kier alpha value is -2.89. The van der Waals surface area contributed by atoms with Gasteiger partial charge < -0.3 is 15.2 Å². The van der Waals surface area contributed by atoms with E-state index < -0.39 is 0 Å². The van der Waals surface area contributed by atoms with Crippen molar-refractivity contribution in [2.24, 2.45) is 5.92 Å². The molecular formula is C21H25N5O. The molecule has 1 saturated heterocycles. The van der Waals surface area contributed by atoms with E-state index in [4.69, 9.17) is 4.98 Å². The second-order valence-corrected chi connectivity index (χ2v) is 7.67. The molecule has 4 rings (SSSR count). The van der Waals surface area contributed by atoms with Gasteiger partial charge in [-0.1, -0.05) is 26.0 Å².